The van der Waals surface area contributed by atoms with Gasteiger partial charge in [-0.2, -0.15) is 18.7 Å². The van der Waals surface area contributed by atoms with Crippen molar-refractivity contribution in [3.63, 3.8) is 0 Å². The number of benzene rings is 2. The molecule has 0 aliphatic heterocycles. The summed E-state index contributed by atoms with van der Waals surface area (Å²) in [6, 6.07) is 11.1. The second-order valence-corrected chi connectivity index (χ2v) is 7.82. The van der Waals surface area contributed by atoms with E-state index in [-0.39, 0.29) is 42.3 Å². The number of amides is 2. The number of nitrogens with one attached hydrogen (secondary N) is 3. The average Bonchev–Trinajstić information content (AvgIpc) is 2.80. The fourth-order valence-corrected chi connectivity index (χ4v) is 3.24. The van der Waals surface area contributed by atoms with Crippen molar-refractivity contribution >= 4 is 34.8 Å². The first kappa shape index (κ1) is 26.7. The molecule has 2 amide bonds. The summed E-state index contributed by atoms with van der Waals surface area (Å²) in [4.78, 5) is 35.8. The predicted molar refractivity (Wildman–Crippen MR) is 126 cm³/mol. The van der Waals surface area contributed by atoms with Gasteiger partial charge in [-0.1, -0.05) is 11.6 Å². The van der Waals surface area contributed by atoms with Gasteiger partial charge in [0.25, 0.3) is 5.56 Å². The third kappa shape index (κ3) is 7.57. The third-order valence-electron chi connectivity index (χ3n) is 4.75. The lowest BCUT2D eigenvalue weighted by molar-refractivity contribution is -0.137. The molecule has 0 spiro atoms. The molecule has 36 heavy (non-hydrogen) atoms. The number of hydrogen-bond donors (Lipinski definition) is 4. The summed E-state index contributed by atoms with van der Waals surface area (Å²) in [5, 5.41) is 12.8. The van der Waals surface area contributed by atoms with Crippen molar-refractivity contribution in [3.8, 4) is 11.5 Å². The smallest absolute Gasteiger partial charge is 0.417 e. The number of carbonyl (C=O) groups excluding carboxylic acids is 2. The second-order valence-electron chi connectivity index (χ2n) is 7.42. The monoisotopic (exact) mass is 524 g/mol. The summed E-state index contributed by atoms with van der Waals surface area (Å²) in [6.45, 7) is -0.0574. The number of ketones is 1. The van der Waals surface area contributed by atoms with E-state index in [2.05, 4.69) is 10.6 Å². The highest BCUT2D eigenvalue weighted by Gasteiger charge is 2.33. The van der Waals surface area contributed by atoms with Crippen LogP contribution in [0.25, 0.3) is 0 Å². The Morgan fingerprint density at radius 1 is 0.972 bits per heavy atom. The van der Waals surface area contributed by atoms with Crippen LogP contribution in [0, 0.1) is 0 Å². The van der Waals surface area contributed by atoms with Crippen molar-refractivity contribution in [3.05, 3.63) is 81.7 Å². The Labute approximate surface area is 207 Å². The SMILES string of the molecule is O=C(CCn1ccc(Oc2ccc(NC(=O)Nc3ccc(Cl)c(C(F)(F)F)c3)cc2)cc1=O)CNO. The molecule has 0 fully saturated rings. The van der Waals surface area contributed by atoms with Gasteiger partial charge in [0.05, 0.1) is 17.1 Å². The van der Waals surface area contributed by atoms with E-state index in [9.17, 15) is 27.6 Å². The number of hydroxylamine groups is 1. The number of alkyl halides is 3. The van der Waals surface area contributed by atoms with Crippen LogP contribution in [-0.2, 0) is 17.5 Å². The van der Waals surface area contributed by atoms with E-state index in [1.807, 2.05) is 0 Å². The minimum Gasteiger partial charge on any atom is -0.457 e. The number of ether oxygens (including phenoxy) is 1. The summed E-state index contributed by atoms with van der Waals surface area (Å²) in [6.07, 6.45) is -3.13. The van der Waals surface area contributed by atoms with Crippen molar-refractivity contribution in [2.45, 2.75) is 19.1 Å². The molecule has 3 rings (SSSR count). The fourth-order valence-electron chi connectivity index (χ4n) is 3.02. The maximum Gasteiger partial charge on any atom is 0.417 e. The largest absolute Gasteiger partial charge is 0.457 e. The minimum absolute atomic E-state index is 0.0667. The first-order chi connectivity index (χ1) is 17.0. The Hall–Kier alpha value is -3.87. The van der Waals surface area contributed by atoms with E-state index in [0.717, 1.165) is 12.1 Å². The zero-order valence-electron chi connectivity index (χ0n) is 18.4. The summed E-state index contributed by atoms with van der Waals surface area (Å²) in [7, 11) is 0. The summed E-state index contributed by atoms with van der Waals surface area (Å²) >= 11 is 5.57. The summed E-state index contributed by atoms with van der Waals surface area (Å²) < 4.78 is 45.9. The number of carbonyl (C=O) groups is 2. The number of rotatable bonds is 9. The normalized spacial score (nSPS) is 11.1. The maximum atomic E-state index is 13.0. The topological polar surface area (TPSA) is 122 Å². The van der Waals surface area contributed by atoms with E-state index >= 15 is 0 Å². The van der Waals surface area contributed by atoms with Gasteiger partial charge in [0.2, 0.25) is 0 Å². The van der Waals surface area contributed by atoms with E-state index in [0.29, 0.717) is 11.4 Å². The predicted octanol–water partition coefficient (Wildman–Crippen LogP) is 4.89. The lowest BCUT2D eigenvalue weighted by atomic mass is 10.2. The Morgan fingerprint density at radius 3 is 2.28 bits per heavy atom. The Balaban J connectivity index is 1.57. The lowest BCUT2D eigenvalue weighted by Crippen LogP contribution is -2.24. The molecule has 0 atom stereocenters. The Kier molecular flexibility index (Phi) is 8.69. The molecule has 0 bridgehead atoms. The van der Waals surface area contributed by atoms with Crippen LogP contribution >= 0.6 is 11.6 Å². The third-order valence-corrected chi connectivity index (χ3v) is 5.08. The quantitative estimate of drug-likeness (QED) is 0.296. The molecule has 0 saturated carbocycles. The highest BCUT2D eigenvalue weighted by atomic mass is 35.5. The van der Waals surface area contributed by atoms with Gasteiger partial charge in [-0.25, -0.2) is 4.79 Å². The van der Waals surface area contributed by atoms with Crippen LogP contribution in [-0.4, -0.2) is 28.1 Å². The van der Waals surface area contributed by atoms with E-state index in [4.69, 9.17) is 21.5 Å². The van der Waals surface area contributed by atoms with Crippen molar-refractivity contribution in [1.82, 2.24) is 10.0 Å². The molecule has 2 aromatic carbocycles. The molecule has 0 aliphatic carbocycles. The van der Waals surface area contributed by atoms with Gasteiger partial charge in [0.15, 0.2) is 5.78 Å². The van der Waals surface area contributed by atoms with Gasteiger partial charge in [-0.05, 0) is 48.5 Å². The second kappa shape index (κ2) is 11.7. The van der Waals surface area contributed by atoms with E-state index in [1.165, 1.54) is 53.2 Å². The van der Waals surface area contributed by atoms with Gasteiger partial charge < -0.3 is 25.1 Å². The first-order valence-electron chi connectivity index (χ1n) is 10.4. The Bertz CT molecular complexity index is 1300. The van der Waals surface area contributed by atoms with Gasteiger partial charge in [0, 0.05) is 36.6 Å². The van der Waals surface area contributed by atoms with Crippen molar-refractivity contribution in [1.29, 1.82) is 0 Å². The number of hydrogen-bond acceptors (Lipinski definition) is 6. The molecule has 4 N–H and O–H groups in total. The van der Waals surface area contributed by atoms with Crippen LogP contribution in [0.3, 0.4) is 0 Å². The molecule has 1 heterocycles. The molecular weight excluding hydrogens is 505 g/mol. The number of Topliss-reactive ketones (excluding diaryl/α,β-unsaturated/α-hetero) is 1. The molecule has 0 saturated heterocycles. The zero-order chi connectivity index (χ0) is 26.3. The molecule has 9 nitrogen and oxygen atoms in total. The molecule has 190 valence electrons. The van der Waals surface area contributed by atoms with Crippen molar-refractivity contribution in [2.75, 3.05) is 17.2 Å². The van der Waals surface area contributed by atoms with Gasteiger partial charge >= 0.3 is 12.2 Å². The summed E-state index contributed by atoms with van der Waals surface area (Å²) in [5.41, 5.74) is 0.557. The highest BCUT2D eigenvalue weighted by Crippen LogP contribution is 2.36. The Morgan fingerprint density at radius 2 is 1.64 bits per heavy atom. The van der Waals surface area contributed by atoms with Crippen molar-refractivity contribution in [2.24, 2.45) is 0 Å². The lowest BCUT2D eigenvalue weighted by Gasteiger charge is -2.12. The van der Waals surface area contributed by atoms with Crippen LogP contribution in [0.4, 0.5) is 29.3 Å². The molecule has 1 aromatic heterocycles. The van der Waals surface area contributed by atoms with Crippen LogP contribution < -0.4 is 26.4 Å². The first-order valence-corrected chi connectivity index (χ1v) is 10.7. The average molecular weight is 525 g/mol. The highest BCUT2D eigenvalue weighted by molar-refractivity contribution is 6.31. The number of aromatic nitrogens is 1. The van der Waals surface area contributed by atoms with Gasteiger partial charge in [0.1, 0.15) is 11.5 Å². The molecular formula is C23H20ClF3N4O5. The van der Waals surface area contributed by atoms with E-state index in [1.54, 1.807) is 5.48 Å². The van der Waals surface area contributed by atoms with Gasteiger partial charge in [-0.15, -0.1) is 0 Å². The number of urea groups is 1. The van der Waals surface area contributed by atoms with Crippen LogP contribution in [0.1, 0.15) is 12.0 Å². The zero-order valence-corrected chi connectivity index (χ0v) is 19.2. The molecule has 0 aliphatic rings. The standard InChI is InChI=1S/C23H20ClF3N4O5/c24-20-6-3-15(11-19(20)23(25,26)27)30-22(34)29-14-1-4-17(5-2-14)36-18-8-10-31(21(33)12-18)9-7-16(32)13-28-35/h1-6,8,10-12,28,35H,7,9,13H2,(H2,29,30,34). The maximum absolute atomic E-state index is 13.0. The van der Waals surface area contributed by atoms with Crippen LogP contribution in [0.5, 0.6) is 11.5 Å². The minimum atomic E-state index is -4.66. The number of aryl methyl sites for hydroxylation is 1. The molecule has 3 aromatic rings. The number of nitrogens with zero attached hydrogens (tertiary/aromatic N) is 1. The fraction of sp³-hybridized carbons (Fsp3) is 0.174. The number of anilines is 2. The van der Waals surface area contributed by atoms with E-state index < -0.39 is 22.8 Å². The molecule has 13 heteroatoms. The summed E-state index contributed by atoms with van der Waals surface area (Å²) in [5.74, 6) is 0.349. The number of halogens is 4. The molecule has 0 unspecified atom stereocenters. The van der Waals surface area contributed by atoms with Crippen LogP contribution in [0.15, 0.2) is 65.6 Å². The van der Waals surface area contributed by atoms with Gasteiger partial charge in [-0.3, -0.25) is 9.59 Å². The van der Waals surface area contributed by atoms with Crippen LogP contribution in [0.2, 0.25) is 5.02 Å². The number of pyridine rings is 1. The van der Waals surface area contributed by atoms with Crippen molar-refractivity contribution < 1.29 is 32.7 Å². The molecule has 0 radical (unpaired) electrons.